The molecule has 1 amide bonds. The van der Waals surface area contributed by atoms with E-state index in [1.165, 1.54) is 11.3 Å². The lowest BCUT2D eigenvalue weighted by molar-refractivity contribution is -0.115. The minimum Gasteiger partial charge on any atom is -0.293 e. The van der Waals surface area contributed by atoms with Gasteiger partial charge in [0, 0.05) is 10.9 Å². The number of carbonyl (C=O) groups excluding carboxylic acids is 1. The SMILES string of the molecule is O=C(Cc1csc(-c2ccccc2)n1)Nc1ncn(Cc2ccccc2)n1. The molecule has 134 valence electrons. The van der Waals surface area contributed by atoms with Gasteiger partial charge < -0.3 is 0 Å². The summed E-state index contributed by atoms with van der Waals surface area (Å²) in [6.07, 6.45) is 1.80. The van der Waals surface area contributed by atoms with Crippen molar-refractivity contribution < 1.29 is 4.79 Å². The maximum absolute atomic E-state index is 12.3. The number of rotatable bonds is 6. The number of aromatic nitrogens is 4. The highest BCUT2D eigenvalue weighted by Gasteiger charge is 2.11. The fourth-order valence-electron chi connectivity index (χ4n) is 2.63. The van der Waals surface area contributed by atoms with Crippen molar-refractivity contribution in [3.8, 4) is 10.6 Å². The Labute approximate surface area is 160 Å². The Kier molecular flexibility index (Phi) is 5.02. The molecule has 7 heteroatoms. The van der Waals surface area contributed by atoms with Crippen LogP contribution in [0.15, 0.2) is 72.4 Å². The van der Waals surface area contributed by atoms with E-state index in [0.29, 0.717) is 12.5 Å². The predicted octanol–water partition coefficient (Wildman–Crippen LogP) is 3.63. The zero-order valence-electron chi connectivity index (χ0n) is 14.4. The van der Waals surface area contributed by atoms with E-state index in [9.17, 15) is 4.79 Å². The highest BCUT2D eigenvalue weighted by atomic mass is 32.1. The lowest BCUT2D eigenvalue weighted by Crippen LogP contribution is -2.16. The van der Waals surface area contributed by atoms with Crippen molar-refractivity contribution in [2.75, 3.05) is 5.32 Å². The summed E-state index contributed by atoms with van der Waals surface area (Å²) in [6, 6.07) is 19.9. The van der Waals surface area contributed by atoms with E-state index in [-0.39, 0.29) is 12.3 Å². The Balaban J connectivity index is 1.35. The number of thiazole rings is 1. The van der Waals surface area contributed by atoms with Crippen LogP contribution in [0.4, 0.5) is 5.95 Å². The number of hydrogen-bond donors (Lipinski definition) is 1. The van der Waals surface area contributed by atoms with E-state index in [1.54, 1.807) is 11.0 Å². The molecule has 27 heavy (non-hydrogen) atoms. The fraction of sp³-hybridized carbons (Fsp3) is 0.100. The van der Waals surface area contributed by atoms with Gasteiger partial charge in [0.2, 0.25) is 11.9 Å². The Morgan fingerprint density at radius 2 is 1.78 bits per heavy atom. The molecule has 0 aliphatic carbocycles. The minimum absolute atomic E-state index is 0.183. The number of anilines is 1. The summed E-state index contributed by atoms with van der Waals surface area (Å²) in [6.45, 7) is 0.607. The van der Waals surface area contributed by atoms with Gasteiger partial charge >= 0.3 is 0 Å². The summed E-state index contributed by atoms with van der Waals surface area (Å²) in [4.78, 5) is 20.9. The van der Waals surface area contributed by atoms with Crippen molar-refractivity contribution in [3.63, 3.8) is 0 Å². The van der Waals surface area contributed by atoms with Crippen LogP contribution in [0.3, 0.4) is 0 Å². The largest absolute Gasteiger partial charge is 0.293 e. The summed E-state index contributed by atoms with van der Waals surface area (Å²) >= 11 is 1.53. The number of carbonyl (C=O) groups is 1. The van der Waals surface area contributed by atoms with E-state index in [0.717, 1.165) is 21.8 Å². The van der Waals surface area contributed by atoms with Crippen molar-refractivity contribution in [3.05, 3.63) is 83.6 Å². The standard InChI is InChI=1S/C20H17N5OS/c26-18(11-17-13-27-19(22-17)16-9-5-2-6-10-16)23-20-21-14-25(24-20)12-15-7-3-1-4-8-15/h1-10,13-14H,11-12H2,(H,23,24,26). The summed E-state index contributed by atoms with van der Waals surface area (Å²) in [5, 5.41) is 9.84. The topological polar surface area (TPSA) is 72.7 Å². The van der Waals surface area contributed by atoms with E-state index in [1.807, 2.05) is 66.0 Å². The first-order valence-electron chi connectivity index (χ1n) is 8.49. The van der Waals surface area contributed by atoms with Crippen molar-refractivity contribution in [1.82, 2.24) is 19.7 Å². The summed E-state index contributed by atoms with van der Waals surface area (Å²) in [7, 11) is 0. The Hall–Kier alpha value is -3.32. The third-order valence-electron chi connectivity index (χ3n) is 3.89. The molecule has 1 N–H and O–H groups in total. The van der Waals surface area contributed by atoms with Gasteiger partial charge in [0.05, 0.1) is 18.7 Å². The van der Waals surface area contributed by atoms with Gasteiger partial charge in [-0.2, -0.15) is 0 Å². The predicted molar refractivity (Wildman–Crippen MR) is 105 cm³/mol. The number of hydrogen-bond acceptors (Lipinski definition) is 5. The molecule has 0 aliphatic rings. The van der Waals surface area contributed by atoms with Crippen LogP contribution in [0.1, 0.15) is 11.3 Å². The average Bonchev–Trinajstić information content (AvgIpc) is 3.33. The monoisotopic (exact) mass is 375 g/mol. The summed E-state index contributed by atoms with van der Waals surface area (Å²) in [5.74, 6) is 0.117. The van der Waals surface area contributed by atoms with Gasteiger partial charge in [-0.05, 0) is 5.56 Å². The first-order valence-corrected chi connectivity index (χ1v) is 9.37. The summed E-state index contributed by atoms with van der Waals surface area (Å²) < 4.78 is 1.70. The second-order valence-corrected chi connectivity index (χ2v) is 6.84. The van der Waals surface area contributed by atoms with Crippen LogP contribution in [0.2, 0.25) is 0 Å². The molecule has 0 bridgehead atoms. The van der Waals surface area contributed by atoms with E-state index in [2.05, 4.69) is 20.4 Å². The quantitative estimate of drug-likeness (QED) is 0.558. The van der Waals surface area contributed by atoms with Gasteiger partial charge in [-0.1, -0.05) is 60.7 Å². The van der Waals surface area contributed by atoms with Crippen molar-refractivity contribution >= 4 is 23.2 Å². The van der Waals surface area contributed by atoms with Crippen molar-refractivity contribution in [1.29, 1.82) is 0 Å². The minimum atomic E-state index is -0.183. The molecule has 2 aromatic heterocycles. The highest BCUT2D eigenvalue weighted by Crippen LogP contribution is 2.23. The van der Waals surface area contributed by atoms with Gasteiger partial charge in [0.15, 0.2) is 0 Å². The van der Waals surface area contributed by atoms with Crippen LogP contribution in [0.5, 0.6) is 0 Å². The van der Waals surface area contributed by atoms with Crippen LogP contribution < -0.4 is 5.32 Å². The molecule has 2 heterocycles. The zero-order valence-corrected chi connectivity index (χ0v) is 15.3. The molecule has 0 spiro atoms. The lowest BCUT2D eigenvalue weighted by Gasteiger charge is -2.01. The number of amides is 1. The summed E-state index contributed by atoms with van der Waals surface area (Å²) in [5.41, 5.74) is 2.91. The van der Waals surface area contributed by atoms with E-state index < -0.39 is 0 Å². The van der Waals surface area contributed by atoms with Crippen molar-refractivity contribution in [2.45, 2.75) is 13.0 Å². The molecule has 4 aromatic rings. The molecule has 2 aromatic carbocycles. The molecule has 0 fully saturated rings. The molecular weight excluding hydrogens is 358 g/mol. The van der Waals surface area contributed by atoms with E-state index in [4.69, 9.17) is 0 Å². The van der Waals surface area contributed by atoms with Crippen LogP contribution in [-0.2, 0) is 17.8 Å². The van der Waals surface area contributed by atoms with E-state index >= 15 is 0 Å². The molecule has 0 saturated heterocycles. The number of nitrogens with one attached hydrogen (secondary N) is 1. The maximum atomic E-state index is 12.3. The normalized spacial score (nSPS) is 10.7. The van der Waals surface area contributed by atoms with Gasteiger partial charge in [0.1, 0.15) is 11.3 Å². The van der Waals surface area contributed by atoms with Gasteiger partial charge in [-0.3, -0.25) is 10.1 Å². The molecule has 0 radical (unpaired) electrons. The van der Waals surface area contributed by atoms with Crippen LogP contribution in [0.25, 0.3) is 10.6 Å². The molecule has 0 saturated carbocycles. The number of nitrogens with zero attached hydrogens (tertiary/aromatic N) is 4. The Bertz CT molecular complexity index is 1030. The lowest BCUT2D eigenvalue weighted by atomic mass is 10.2. The maximum Gasteiger partial charge on any atom is 0.248 e. The molecule has 0 unspecified atom stereocenters. The highest BCUT2D eigenvalue weighted by molar-refractivity contribution is 7.13. The van der Waals surface area contributed by atoms with Gasteiger partial charge in [-0.25, -0.2) is 14.6 Å². The Morgan fingerprint density at radius 3 is 2.56 bits per heavy atom. The van der Waals surface area contributed by atoms with Gasteiger partial charge in [-0.15, -0.1) is 16.4 Å². The van der Waals surface area contributed by atoms with Crippen LogP contribution >= 0.6 is 11.3 Å². The third kappa shape index (κ3) is 4.45. The molecule has 0 aliphatic heterocycles. The molecular formula is C20H17N5OS. The fourth-order valence-corrected chi connectivity index (χ4v) is 3.46. The van der Waals surface area contributed by atoms with Crippen molar-refractivity contribution in [2.24, 2.45) is 0 Å². The number of benzene rings is 2. The smallest absolute Gasteiger partial charge is 0.248 e. The first kappa shape index (κ1) is 17.1. The molecule has 6 nitrogen and oxygen atoms in total. The van der Waals surface area contributed by atoms with Crippen LogP contribution in [-0.4, -0.2) is 25.7 Å². The second kappa shape index (κ2) is 7.92. The van der Waals surface area contributed by atoms with Crippen LogP contribution in [0, 0.1) is 0 Å². The second-order valence-electron chi connectivity index (χ2n) is 5.99. The first-order chi connectivity index (χ1) is 13.3. The zero-order chi connectivity index (χ0) is 18.5. The third-order valence-corrected chi connectivity index (χ3v) is 4.83. The molecule has 0 atom stereocenters. The molecule has 4 rings (SSSR count). The Morgan fingerprint density at radius 1 is 1.04 bits per heavy atom. The average molecular weight is 375 g/mol. The van der Waals surface area contributed by atoms with Gasteiger partial charge in [0.25, 0.3) is 0 Å².